The van der Waals surface area contributed by atoms with Gasteiger partial charge in [-0.15, -0.1) is 0 Å². The Morgan fingerprint density at radius 3 is 2.48 bits per heavy atom. The highest BCUT2D eigenvalue weighted by atomic mass is 15.1. The molecule has 0 aromatic carbocycles. The fourth-order valence-electron chi connectivity index (χ4n) is 4.31. The normalized spacial score (nSPS) is 21.6. The van der Waals surface area contributed by atoms with Crippen molar-refractivity contribution in [3.8, 4) is 0 Å². The summed E-state index contributed by atoms with van der Waals surface area (Å²) in [4.78, 5) is 9.02. The Labute approximate surface area is 127 Å². The monoisotopic (exact) mass is 286 g/mol. The molecule has 1 N–H and O–H groups in total. The van der Waals surface area contributed by atoms with Gasteiger partial charge in [-0.2, -0.15) is 0 Å². The summed E-state index contributed by atoms with van der Waals surface area (Å²) >= 11 is 0. The summed E-state index contributed by atoms with van der Waals surface area (Å²) in [5.74, 6) is 0.923. The highest BCUT2D eigenvalue weighted by Crippen LogP contribution is 2.46. The number of aromatic nitrogens is 3. The Morgan fingerprint density at radius 1 is 1.14 bits per heavy atom. The van der Waals surface area contributed by atoms with E-state index >= 15 is 0 Å². The van der Waals surface area contributed by atoms with Gasteiger partial charge in [-0.1, -0.05) is 27.7 Å². The predicted octanol–water partition coefficient (Wildman–Crippen LogP) is 3.99. The van der Waals surface area contributed by atoms with Crippen LogP contribution in [0.4, 0.5) is 5.82 Å². The fourth-order valence-corrected chi connectivity index (χ4v) is 4.31. The van der Waals surface area contributed by atoms with Crippen molar-refractivity contribution in [2.75, 3.05) is 5.32 Å². The molecule has 0 bridgehead atoms. The maximum absolute atomic E-state index is 4.52. The summed E-state index contributed by atoms with van der Waals surface area (Å²) < 4.78 is 2.04. The third kappa shape index (κ3) is 2.89. The largest absolute Gasteiger partial charge is 0.365 e. The van der Waals surface area contributed by atoms with E-state index in [1.165, 1.54) is 19.3 Å². The highest BCUT2D eigenvalue weighted by Gasteiger charge is 2.38. The first kappa shape index (κ1) is 14.4. The van der Waals surface area contributed by atoms with Crippen molar-refractivity contribution in [2.24, 2.45) is 17.9 Å². The van der Waals surface area contributed by atoms with E-state index < -0.39 is 0 Å². The Bertz CT molecular complexity index is 638. The Morgan fingerprint density at radius 2 is 1.81 bits per heavy atom. The van der Waals surface area contributed by atoms with Crippen molar-refractivity contribution in [3.63, 3.8) is 0 Å². The number of hydrogen-bond donors (Lipinski definition) is 1. The van der Waals surface area contributed by atoms with Crippen LogP contribution in [0, 0.1) is 10.8 Å². The smallest absolute Gasteiger partial charge is 0.154 e. The van der Waals surface area contributed by atoms with E-state index in [1.807, 2.05) is 30.2 Å². The Kier molecular flexibility index (Phi) is 3.23. The lowest BCUT2D eigenvalue weighted by Crippen LogP contribution is -2.40. The van der Waals surface area contributed by atoms with Crippen LogP contribution >= 0.6 is 0 Å². The molecule has 0 aliphatic heterocycles. The minimum Gasteiger partial charge on any atom is -0.365 e. The van der Waals surface area contributed by atoms with Crippen LogP contribution in [-0.4, -0.2) is 20.6 Å². The van der Waals surface area contributed by atoms with Crippen LogP contribution in [0.2, 0.25) is 0 Å². The van der Waals surface area contributed by atoms with Crippen LogP contribution in [0.25, 0.3) is 11.0 Å². The predicted molar refractivity (Wildman–Crippen MR) is 87.3 cm³/mol. The first-order chi connectivity index (χ1) is 9.76. The third-order valence-electron chi connectivity index (χ3n) is 4.54. The number of anilines is 1. The molecule has 0 unspecified atom stereocenters. The first-order valence-electron chi connectivity index (χ1n) is 7.78. The van der Waals surface area contributed by atoms with Gasteiger partial charge < -0.3 is 9.88 Å². The zero-order valence-corrected chi connectivity index (χ0v) is 13.8. The molecule has 0 amide bonds. The number of nitrogens with one attached hydrogen (secondary N) is 1. The van der Waals surface area contributed by atoms with Gasteiger partial charge in [0.15, 0.2) is 5.82 Å². The minimum atomic E-state index is 0.372. The standard InChI is InChI=1S/C17H26N4/c1-16(2)8-12(9-17(3,4)10-16)20-15-14-13(6-7-18-15)21(5)11-19-14/h6-7,11-12H,8-10H2,1-5H3,(H,18,20). The number of nitrogens with zero attached hydrogens (tertiary/aromatic N) is 3. The van der Waals surface area contributed by atoms with Crippen molar-refractivity contribution in [1.82, 2.24) is 14.5 Å². The van der Waals surface area contributed by atoms with Crippen LogP contribution < -0.4 is 5.32 Å². The minimum absolute atomic E-state index is 0.372. The van der Waals surface area contributed by atoms with Crippen LogP contribution in [-0.2, 0) is 7.05 Å². The quantitative estimate of drug-likeness (QED) is 0.908. The molecule has 1 aliphatic rings. The summed E-state index contributed by atoms with van der Waals surface area (Å²) in [5.41, 5.74) is 2.84. The molecule has 4 heteroatoms. The van der Waals surface area contributed by atoms with Crippen molar-refractivity contribution in [3.05, 3.63) is 18.6 Å². The second-order valence-electron chi connectivity index (χ2n) is 8.14. The molecule has 114 valence electrons. The van der Waals surface area contributed by atoms with E-state index in [1.54, 1.807) is 0 Å². The van der Waals surface area contributed by atoms with Crippen molar-refractivity contribution < 1.29 is 0 Å². The topological polar surface area (TPSA) is 42.7 Å². The van der Waals surface area contributed by atoms with Crippen LogP contribution in [0.15, 0.2) is 18.6 Å². The molecule has 4 nitrogen and oxygen atoms in total. The summed E-state index contributed by atoms with van der Waals surface area (Å²) in [5, 5.41) is 3.66. The van der Waals surface area contributed by atoms with E-state index in [4.69, 9.17) is 0 Å². The number of aryl methyl sites for hydroxylation is 1. The lowest BCUT2D eigenvalue weighted by Gasteiger charge is -2.45. The number of hydrogen-bond acceptors (Lipinski definition) is 3. The summed E-state index contributed by atoms with van der Waals surface area (Å²) in [7, 11) is 2.02. The van der Waals surface area contributed by atoms with E-state index in [0.29, 0.717) is 16.9 Å². The van der Waals surface area contributed by atoms with Gasteiger partial charge in [-0.25, -0.2) is 9.97 Å². The molecular formula is C17H26N4. The van der Waals surface area contributed by atoms with Gasteiger partial charge in [0.25, 0.3) is 0 Å². The summed E-state index contributed by atoms with van der Waals surface area (Å²) in [6.45, 7) is 9.49. The molecule has 3 rings (SSSR count). The zero-order valence-electron chi connectivity index (χ0n) is 13.8. The fraction of sp³-hybridized carbons (Fsp3) is 0.647. The van der Waals surface area contributed by atoms with Gasteiger partial charge in [0.05, 0.1) is 11.8 Å². The molecule has 21 heavy (non-hydrogen) atoms. The first-order valence-corrected chi connectivity index (χ1v) is 7.78. The summed E-state index contributed by atoms with van der Waals surface area (Å²) in [6, 6.07) is 2.48. The molecule has 1 aliphatic carbocycles. The van der Waals surface area contributed by atoms with Gasteiger partial charge >= 0.3 is 0 Å². The molecule has 1 fully saturated rings. The van der Waals surface area contributed by atoms with E-state index in [9.17, 15) is 0 Å². The molecule has 2 heterocycles. The molecule has 0 saturated heterocycles. The number of pyridine rings is 1. The number of fused-ring (bicyclic) bond motifs is 1. The van der Waals surface area contributed by atoms with Gasteiger partial charge in [0.2, 0.25) is 0 Å². The molecule has 0 radical (unpaired) electrons. The second kappa shape index (κ2) is 4.72. The average Bonchev–Trinajstić information content (AvgIpc) is 2.68. The Hall–Kier alpha value is -1.58. The van der Waals surface area contributed by atoms with Crippen LogP contribution in [0.3, 0.4) is 0 Å². The highest BCUT2D eigenvalue weighted by molar-refractivity contribution is 5.85. The number of rotatable bonds is 2. The molecule has 0 spiro atoms. The van der Waals surface area contributed by atoms with E-state index in [-0.39, 0.29) is 0 Å². The molecular weight excluding hydrogens is 260 g/mol. The average molecular weight is 286 g/mol. The van der Waals surface area contributed by atoms with Crippen LogP contribution in [0.1, 0.15) is 47.0 Å². The van der Waals surface area contributed by atoms with Crippen LogP contribution in [0.5, 0.6) is 0 Å². The maximum atomic E-state index is 4.52. The van der Waals surface area contributed by atoms with Crippen molar-refractivity contribution in [1.29, 1.82) is 0 Å². The lowest BCUT2D eigenvalue weighted by molar-refractivity contribution is 0.105. The lowest BCUT2D eigenvalue weighted by atomic mass is 9.63. The molecule has 1 saturated carbocycles. The number of imidazole rings is 1. The van der Waals surface area contributed by atoms with Gasteiger partial charge in [-0.3, -0.25) is 0 Å². The zero-order chi connectivity index (χ0) is 15.3. The maximum Gasteiger partial charge on any atom is 0.154 e. The van der Waals surface area contributed by atoms with E-state index in [2.05, 4.69) is 43.0 Å². The summed E-state index contributed by atoms with van der Waals surface area (Å²) in [6.07, 6.45) is 7.36. The third-order valence-corrected chi connectivity index (χ3v) is 4.54. The van der Waals surface area contributed by atoms with Gasteiger partial charge in [-0.05, 0) is 36.2 Å². The second-order valence-corrected chi connectivity index (χ2v) is 8.14. The molecule has 2 aromatic rings. The van der Waals surface area contributed by atoms with E-state index in [0.717, 1.165) is 16.9 Å². The SMILES string of the molecule is Cn1cnc2c(NC3CC(C)(C)CC(C)(C)C3)nccc21. The van der Waals surface area contributed by atoms with Crippen molar-refractivity contribution >= 4 is 16.9 Å². The van der Waals surface area contributed by atoms with Crippen molar-refractivity contribution in [2.45, 2.75) is 53.0 Å². The van der Waals surface area contributed by atoms with Gasteiger partial charge in [0, 0.05) is 19.3 Å². The molecule has 2 aromatic heterocycles. The van der Waals surface area contributed by atoms with Gasteiger partial charge in [0.1, 0.15) is 5.52 Å². The molecule has 0 atom stereocenters. The Balaban J connectivity index is 1.88.